The minimum absolute atomic E-state index is 0.000219. The van der Waals surface area contributed by atoms with Crippen molar-refractivity contribution in [2.24, 2.45) is 5.41 Å². The van der Waals surface area contributed by atoms with Crippen LogP contribution >= 0.6 is 0 Å². The Labute approximate surface area is 111 Å². The Morgan fingerprint density at radius 1 is 1.37 bits per heavy atom. The highest BCUT2D eigenvalue weighted by molar-refractivity contribution is 5.94. The van der Waals surface area contributed by atoms with E-state index in [0.717, 1.165) is 44.1 Å². The van der Waals surface area contributed by atoms with E-state index in [1.165, 1.54) is 0 Å². The number of carbonyl (C=O) groups is 1. The fraction of sp³-hybridized carbons (Fsp3) is 0.500. The molecule has 1 amide bonds. The smallest absolute Gasteiger partial charge is 0.251 e. The van der Waals surface area contributed by atoms with E-state index in [9.17, 15) is 13.6 Å². The number of piperidine rings is 1. The molecule has 5 heteroatoms. The summed E-state index contributed by atoms with van der Waals surface area (Å²) in [6.07, 6.45) is 2.10. The van der Waals surface area contributed by atoms with Gasteiger partial charge in [0.2, 0.25) is 0 Å². The Balaban J connectivity index is 1.97. The third kappa shape index (κ3) is 3.73. The predicted molar refractivity (Wildman–Crippen MR) is 68.9 cm³/mol. The summed E-state index contributed by atoms with van der Waals surface area (Å²) in [4.78, 5) is 11.9. The number of benzene rings is 1. The summed E-state index contributed by atoms with van der Waals surface area (Å²) in [5.41, 5.74) is 0.0182. The van der Waals surface area contributed by atoms with E-state index in [-0.39, 0.29) is 11.0 Å². The Kier molecular flexibility index (Phi) is 4.14. The summed E-state index contributed by atoms with van der Waals surface area (Å²) >= 11 is 0. The van der Waals surface area contributed by atoms with Gasteiger partial charge in [-0.05, 0) is 36.9 Å². The van der Waals surface area contributed by atoms with Gasteiger partial charge in [-0.1, -0.05) is 6.92 Å². The van der Waals surface area contributed by atoms with E-state index in [1.807, 2.05) is 0 Å². The second-order valence-corrected chi connectivity index (χ2v) is 5.43. The molecule has 104 valence electrons. The predicted octanol–water partition coefficient (Wildman–Crippen LogP) is 2.08. The first-order valence-electron chi connectivity index (χ1n) is 6.44. The van der Waals surface area contributed by atoms with Gasteiger partial charge >= 0.3 is 0 Å². The fourth-order valence-corrected chi connectivity index (χ4v) is 2.35. The van der Waals surface area contributed by atoms with E-state index < -0.39 is 17.5 Å². The van der Waals surface area contributed by atoms with Crippen molar-refractivity contribution in [1.82, 2.24) is 10.6 Å². The van der Waals surface area contributed by atoms with Crippen LogP contribution in [0.5, 0.6) is 0 Å². The van der Waals surface area contributed by atoms with Crippen molar-refractivity contribution in [3.63, 3.8) is 0 Å². The van der Waals surface area contributed by atoms with Crippen LogP contribution in [-0.4, -0.2) is 25.5 Å². The summed E-state index contributed by atoms with van der Waals surface area (Å²) in [6, 6.07) is 2.84. The van der Waals surface area contributed by atoms with Crippen LogP contribution in [-0.2, 0) is 0 Å². The molecule has 1 aromatic rings. The lowest BCUT2D eigenvalue weighted by atomic mass is 9.83. The number of amides is 1. The normalized spacial score (nSPS) is 23.1. The van der Waals surface area contributed by atoms with Crippen molar-refractivity contribution in [3.05, 3.63) is 35.4 Å². The van der Waals surface area contributed by atoms with Crippen LogP contribution in [0.3, 0.4) is 0 Å². The maximum Gasteiger partial charge on any atom is 0.251 e. The molecule has 0 radical (unpaired) electrons. The molecule has 1 unspecified atom stereocenters. The minimum Gasteiger partial charge on any atom is -0.351 e. The van der Waals surface area contributed by atoms with Gasteiger partial charge in [0.15, 0.2) is 0 Å². The van der Waals surface area contributed by atoms with Gasteiger partial charge in [-0.25, -0.2) is 8.78 Å². The third-order valence-corrected chi connectivity index (χ3v) is 3.49. The van der Waals surface area contributed by atoms with Crippen LogP contribution in [0.1, 0.15) is 30.1 Å². The number of halogens is 2. The Morgan fingerprint density at radius 3 is 2.63 bits per heavy atom. The molecule has 1 aliphatic rings. The first kappa shape index (κ1) is 13.9. The third-order valence-electron chi connectivity index (χ3n) is 3.49. The van der Waals surface area contributed by atoms with Gasteiger partial charge in [-0.15, -0.1) is 0 Å². The quantitative estimate of drug-likeness (QED) is 0.881. The summed E-state index contributed by atoms with van der Waals surface area (Å²) < 4.78 is 26.1. The van der Waals surface area contributed by atoms with E-state index >= 15 is 0 Å². The van der Waals surface area contributed by atoms with Gasteiger partial charge in [-0.2, -0.15) is 0 Å². The zero-order chi connectivity index (χ0) is 13.9. The van der Waals surface area contributed by atoms with Crippen LogP contribution in [0.25, 0.3) is 0 Å². The van der Waals surface area contributed by atoms with E-state index in [1.54, 1.807) is 0 Å². The highest BCUT2D eigenvalue weighted by Gasteiger charge is 2.27. The van der Waals surface area contributed by atoms with Crippen LogP contribution in [0.4, 0.5) is 8.78 Å². The Bertz CT molecular complexity index is 450. The number of nitrogens with one attached hydrogen (secondary N) is 2. The number of hydrogen-bond donors (Lipinski definition) is 2. The highest BCUT2D eigenvalue weighted by Crippen LogP contribution is 2.24. The second kappa shape index (κ2) is 5.65. The number of rotatable bonds is 3. The average Bonchev–Trinajstić information content (AvgIpc) is 2.36. The highest BCUT2D eigenvalue weighted by atomic mass is 19.1. The molecule has 1 heterocycles. The van der Waals surface area contributed by atoms with E-state index in [2.05, 4.69) is 17.6 Å². The largest absolute Gasteiger partial charge is 0.351 e. The van der Waals surface area contributed by atoms with Gasteiger partial charge in [-0.3, -0.25) is 4.79 Å². The van der Waals surface area contributed by atoms with Crippen molar-refractivity contribution in [2.45, 2.75) is 19.8 Å². The first-order valence-corrected chi connectivity index (χ1v) is 6.44. The molecule has 1 atom stereocenters. The van der Waals surface area contributed by atoms with E-state index in [0.29, 0.717) is 6.54 Å². The molecular weight excluding hydrogens is 250 g/mol. The van der Waals surface area contributed by atoms with Crippen LogP contribution < -0.4 is 10.6 Å². The molecule has 1 aliphatic heterocycles. The van der Waals surface area contributed by atoms with Crippen molar-refractivity contribution < 1.29 is 13.6 Å². The zero-order valence-corrected chi connectivity index (χ0v) is 10.9. The van der Waals surface area contributed by atoms with Crippen LogP contribution in [0.15, 0.2) is 18.2 Å². The Morgan fingerprint density at radius 2 is 2.05 bits per heavy atom. The Hall–Kier alpha value is -1.49. The zero-order valence-electron chi connectivity index (χ0n) is 10.9. The maximum absolute atomic E-state index is 13.0. The molecule has 1 saturated heterocycles. The lowest BCUT2D eigenvalue weighted by molar-refractivity contribution is 0.0923. The van der Waals surface area contributed by atoms with Crippen LogP contribution in [0, 0.1) is 17.0 Å². The lowest BCUT2D eigenvalue weighted by Crippen LogP contribution is -2.45. The molecule has 0 aliphatic carbocycles. The van der Waals surface area contributed by atoms with Gasteiger partial charge in [0, 0.05) is 24.7 Å². The molecule has 3 nitrogen and oxygen atoms in total. The molecular formula is C14H18F2N2O. The van der Waals surface area contributed by atoms with Crippen molar-refractivity contribution in [2.75, 3.05) is 19.6 Å². The van der Waals surface area contributed by atoms with Gasteiger partial charge in [0.05, 0.1) is 0 Å². The second-order valence-electron chi connectivity index (χ2n) is 5.43. The summed E-state index contributed by atoms with van der Waals surface area (Å²) in [5.74, 6) is -1.92. The summed E-state index contributed by atoms with van der Waals surface area (Å²) in [5, 5.41) is 6.04. The van der Waals surface area contributed by atoms with Gasteiger partial charge in [0.25, 0.3) is 5.91 Å². The molecule has 1 aromatic carbocycles. The monoisotopic (exact) mass is 268 g/mol. The molecule has 0 bridgehead atoms. The topological polar surface area (TPSA) is 41.1 Å². The summed E-state index contributed by atoms with van der Waals surface area (Å²) in [6.45, 7) is 4.42. The molecule has 0 saturated carbocycles. The molecule has 1 fully saturated rings. The van der Waals surface area contributed by atoms with E-state index in [4.69, 9.17) is 0 Å². The average molecular weight is 268 g/mol. The fourth-order valence-electron chi connectivity index (χ4n) is 2.35. The van der Waals surface area contributed by atoms with Crippen molar-refractivity contribution in [1.29, 1.82) is 0 Å². The molecule has 2 rings (SSSR count). The lowest BCUT2D eigenvalue weighted by Gasteiger charge is -2.34. The van der Waals surface area contributed by atoms with Crippen molar-refractivity contribution >= 4 is 5.91 Å². The molecule has 0 spiro atoms. The summed E-state index contributed by atoms with van der Waals surface area (Å²) in [7, 11) is 0. The maximum atomic E-state index is 13.0. The first-order chi connectivity index (χ1) is 8.98. The molecule has 2 N–H and O–H groups in total. The van der Waals surface area contributed by atoms with Gasteiger partial charge in [0.1, 0.15) is 11.6 Å². The standard InChI is InChI=1S/C14H18F2N2O/c1-14(3-2-4-17-8-14)9-18-13(19)10-5-11(15)7-12(16)6-10/h5-7,17H,2-4,8-9H2,1H3,(H,18,19). The molecule has 0 aromatic heterocycles. The molecule has 19 heavy (non-hydrogen) atoms. The minimum atomic E-state index is -0.740. The van der Waals surface area contributed by atoms with Crippen molar-refractivity contribution in [3.8, 4) is 0 Å². The van der Waals surface area contributed by atoms with Crippen LogP contribution in [0.2, 0.25) is 0 Å². The number of carbonyl (C=O) groups excluding carboxylic acids is 1. The van der Waals surface area contributed by atoms with Gasteiger partial charge < -0.3 is 10.6 Å². The number of hydrogen-bond acceptors (Lipinski definition) is 2. The SMILES string of the molecule is CC1(CNC(=O)c2cc(F)cc(F)c2)CCCNC1.